The van der Waals surface area contributed by atoms with Gasteiger partial charge in [0.15, 0.2) is 10.9 Å². The van der Waals surface area contributed by atoms with Crippen molar-refractivity contribution in [2.24, 2.45) is 5.14 Å². The highest BCUT2D eigenvalue weighted by Gasteiger charge is 2.16. The molecule has 2 aromatic carbocycles. The van der Waals surface area contributed by atoms with Gasteiger partial charge in [0.1, 0.15) is 6.42 Å². The average molecular weight is 490 g/mol. The summed E-state index contributed by atoms with van der Waals surface area (Å²) in [6.45, 7) is 2.13. The van der Waals surface area contributed by atoms with Crippen molar-refractivity contribution in [1.29, 1.82) is 0 Å². The number of fused-ring (bicyclic) bond motifs is 1. The molecule has 0 aliphatic carbocycles. The maximum absolute atomic E-state index is 13.1. The molecule has 1 aromatic heterocycles. The van der Waals surface area contributed by atoms with Gasteiger partial charge in [0.2, 0.25) is 10.0 Å². The van der Waals surface area contributed by atoms with Crippen molar-refractivity contribution in [2.45, 2.75) is 36.4 Å². The van der Waals surface area contributed by atoms with Crippen molar-refractivity contribution in [3.8, 4) is 0 Å². The number of ether oxygens (including phenoxy) is 1. The second-order valence-electron chi connectivity index (χ2n) is 7.12. The zero-order valence-corrected chi connectivity index (χ0v) is 19.5. The molecular formula is C22H23N3O6S2. The van der Waals surface area contributed by atoms with Crippen molar-refractivity contribution in [3.05, 3.63) is 64.4 Å². The lowest BCUT2D eigenvalue weighted by atomic mass is 10.1. The van der Waals surface area contributed by atoms with Crippen molar-refractivity contribution in [3.63, 3.8) is 0 Å². The molecule has 3 aromatic rings. The number of aryl methyl sites for hydroxylation is 1. The molecular weight excluding hydrogens is 466 g/mol. The second kappa shape index (κ2) is 10.7. The van der Waals surface area contributed by atoms with Gasteiger partial charge in [0.05, 0.1) is 28.2 Å². The summed E-state index contributed by atoms with van der Waals surface area (Å²) in [6.07, 6.45) is 0.0875. The minimum atomic E-state index is -3.79. The number of benzene rings is 2. The fraction of sp³-hybridized carbons (Fsp3) is 0.273. The summed E-state index contributed by atoms with van der Waals surface area (Å²) in [4.78, 5) is 41.4. The third-order valence-corrected chi connectivity index (χ3v) is 6.68. The number of para-hydroxylation sites is 1. The van der Waals surface area contributed by atoms with Crippen LogP contribution in [0.2, 0.25) is 0 Å². The monoisotopic (exact) mass is 489 g/mol. The number of carbonyl (C=O) groups excluding carboxylic acids is 2. The summed E-state index contributed by atoms with van der Waals surface area (Å²) < 4.78 is 29.1. The standard InChI is InChI=1S/C22H23N3O6S2/c1-2-31-20(27)13-16(26)14-32-22-24-19-6-4-3-5-18(19)21(28)25(22)12-11-15-7-9-17(10-8-15)33(23,29)30/h3-10H,2,11-14H2,1H3,(H2,23,29,30). The Morgan fingerprint density at radius 2 is 1.82 bits per heavy atom. The summed E-state index contributed by atoms with van der Waals surface area (Å²) in [5.41, 5.74) is 1.07. The highest BCUT2D eigenvalue weighted by Crippen LogP contribution is 2.19. The van der Waals surface area contributed by atoms with Crippen molar-refractivity contribution in [1.82, 2.24) is 9.55 Å². The molecule has 0 atom stereocenters. The van der Waals surface area contributed by atoms with Gasteiger partial charge in [0.25, 0.3) is 5.56 Å². The molecule has 0 unspecified atom stereocenters. The topological polar surface area (TPSA) is 138 Å². The van der Waals surface area contributed by atoms with Crippen molar-refractivity contribution < 1.29 is 22.7 Å². The van der Waals surface area contributed by atoms with E-state index >= 15 is 0 Å². The number of primary sulfonamides is 1. The first-order valence-electron chi connectivity index (χ1n) is 10.1. The summed E-state index contributed by atoms with van der Waals surface area (Å²) in [5, 5.41) is 5.94. The predicted molar refractivity (Wildman–Crippen MR) is 125 cm³/mol. The molecule has 0 saturated carbocycles. The minimum absolute atomic E-state index is 0.00662. The van der Waals surface area contributed by atoms with Gasteiger partial charge in [-0.1, -0.05) is 36.0 Å². The third-order valence-electron chi connectivity index (χ3n) is 4.71. The van der Waals surface area contributed by atoms with Crippen LogP contribution in [0, 0.1) is 0 Å². The van der Waals surface area contributed by atoms with Gasteiger partial charge in [-0.2, -0.15) is 0 Å². The maximum atomic E-state index is 13.1. The smallest absolute Gasteiger partial charge is 0.313 e. The molecule has 9 nitrogen and oxygen atoms in total. The van der Waals surface area contributed by atoms with Crippen molar-refractivity contribution in [2.75, 3.05) is 12.4 Å². The lowest BCUT2D eigenvalue weighted by molar-refractivity contribution is -0.145. The van der Waals surface area contributed by atoms with Gasteiger partial charge in [0, 0.05) is 6.54 Å². The number of hydrogen-bond donors (Lipinski definition) is 1. The lowest BCUT2D eigenvalue weighted by Gasteiger charge is -2.13. The maximum Gasteiger partial charge on any atom is 0.313 e. The van der Waals surface area contributed by atoms with E-state index in [9.17, 15) is 22.8 Å². The van der Waals surface area contributed by atoms with E-state index in [0.717, 1.165) is 17.3 Å². The van der Waals surface area contributed by atoms with E-state index < -0.39 is 16.0 Å². The summed E-state index contributed by atoms with van der Waals surface area (Å²) in [7, 11) is -3.79. The molecule has 174 valence electrons. The Kier molecular flexibility index (Phi) is 8.01. The molecule has 3 rings (SSSR count). The van der Waals surface area contributed by atoms with E-state index in [4.69, 9.17) is 9.88 Å². The largest absolute Gasteiger partial charge is 0.466 e. The Labute approximate surface area is 195 Å². The SMILES string of the molecule is CCOC(=O)CC(=O)CSc1nc2ccccc2c(=O)n1CCc1ccc(S(N)(=O)=O)cc1. The number of sulfonamides is 1. The molecule has 2 N–H and O–H groups in total. The van der Waals surface area contributed by atoms with E-state index in [-0.39, 0.29) is 41.6 Å². The van der Waals surface area contributed by atoms with Gasteiger partial charge in [-0.3, -0.25) is 19.0 Å². The number of Topliss-reactive ketones (excluding diaryl/α,β-unsaturated/α-hetero) is 1. The minimum Gasteiger partial charge on any atom is -0.466 e. The number of carbonyl (C=O) groups is 2. The number of hydrogen-bond acceptors (Lipinski definition) is 8. The number of thioether (sulfide) groups is 1. The number of nitrogens with two attached hydrogens (primary N) is 1. The van der Waals surface area contributed by atoms with E-state index in [2.05, 4.69) is 4.98 Å². The fourth-order valence-corrected chi connectivity index (χ4v) is 4.51. The van der Waals surface area contributed by atoms with Gasteiger partial charge >= 0.3 is 5.97 Å². The molecule has 33 heavy (non-hydrogen) atoms. The van der Waals surface area contributed by atoms with Crippen LogP contribution in [0.1, 0.15) is 18.9 Å². The van der Waals surface area contributed by atoms with Gasteiger partial charge in [-0.15, -0.1) is 0 Å². The van der Waals surface area contributed by atoms with Gasteiger partial charge < -0.3 is 4.74 Å². The zero-order chi connectivity index (χ0) is 24.0. The Morgan fingerprint density at radius 3 is 2.48 bits per heavy atom. The van der Waals surface area contributed by atoms with Gasteiger partial charge in [-0.05, 0) is 43.2 Å². The Bertz CT molecular complexity index is 1330. The number of esters is 1. The molecule has 1 heterocycles. The highest BCUT2D eigenvalue weighted by molar-refractivity contribution is 7.99. The first-order valence-corrected chi connectivity index (χ1v) is 12.6. The molecule has 0 saturated heterocycles. The van der Waals surface area contributed by atoms with E-state index in [0.29, 0.717) is 22.5 Å². The van der Waals surface area contributed by atoms with Crippen LogP contribution < -0.4 is 10.7 Å². The van der Waals surface area contributed by atoms with Crippen LogP contribution >= 0.6 is 11.8 Å². The Hall–Kier alpha value is -3.02. The third kappa shape index (κ3) is 6.50. The fourth-order valence-electron chi connectivity index (χ4n) is 3.11. The zero-order valence-electron chi connectivity index (χ0n) is 17.9. The summed E-state index contributed by atoms with van der Waals surface area (Å²) >= 11 is 1.08. The van der Waals surface area contributed by atoms with Crippen LogP contribution in [0.3, 0.4) is 0 Å². The van der Waals surface area contributed by atoms with E-state index in [1.807, 2.05) is 0 Å². The van der Waals surface area contributed by atoms with E-state index in [1.165, 1.54) is 16.7 Å². The number of aromatic nitrogens is 2. The second-order valence-corrected chi connectivity index (χ2v) is 9.62. The Morgan fingerprint density at radius 1 is 1.12 bits per heavy atom. The van der Waals surface area contributed by atoms with Crippen LogP contribution in [0.5, 0.6) is 0 Å². The molecule has 0 fully saturated rings. The quantitative estimate of drug-likeness (QED) is 0.197. The van der Waals surface area contributed by atoms with Crippen molar-refractivity contribution >= 4 is 44.4 Å². The molecule has 0 aliphatic rings. The van der Waals surface area contributed by atoms with Crippen LogP contribution in [0.4, 0.5) is 0 Å². The van der Waals surface area contributed by atoms with Gasteiger partial charge in [-0.25, -0.2) is 18.5 Å². The van der Waals surface area contributed by atoms with Crippen LogP contribution in [-0.2, 0) is 37.3 Å². The molecule has 0 bridgehead atoms. The first-order chi connectivity index (χ1) is 15.7. The van der Waals surface area contributed by atoms with Crippen LogP contribution in [0.25, 0.3) is 10.9 Å². The van der Waals surface area contributed by atoms with E-state index in [1.54, 1.807) is 43.3 Å². The summed E-state index contributed by atoms with van der Waals surface area (Å²) in [6, 6.07) is 13.0. The van der Waals surface area contributed by atoms with Crippen LogP contribution in [-0.4, -0.2) is 42.1 Å². The molecule has 11 heteroatoms. The Balaban J connectivity index is 1.83. The molecule has 0 radical (unpaired) electrons. The predicted octanol–water partition coefficient (Wildman–Crippen LogP) is 1.90. The normalized spacial score (nSPS) is 11.5. The molecule has 0 amide bonds. The molecule has 0 aliphatic heterocycles. The lowest BCUT2D eigenvalue weighted by Crippen LogP contribution is -2.25. The number of rotatable bonds is 10. The number of ketones is 1. The summed E-state index contributed by atoms with van der Waals surface area (Å²) in [5.74, 6) is -0.951. The highest BCUT2D eigenvalue weighted by atomic mass is 32.2. The first kappa shape index (κ1) is 24.6. The van der Waals surface area contributed by atoms with Crippen LogP contribution in [0.15, 0.2) is 63.4 Å². The molecule has 0 spiro atoms. The average Bonchev–Trinajstić information content (AvgIpc) is 2.77. The number of nitrogens with zero attached hydrogens (tertiary/aromatic N) is 2.